The summed E-state index contributed by atoms with van der Waals surface area (Å²) in [6.07, 6.45) is 8.59. The van der Waals surface area contributed by atoms with Gasteiger partial charge in [-0.15, -0.1) is 0 Å². The minimum Gasteiger partial charge on any atom is -0.468 e. The van der Waals surface area contributed by atoms with Gasteiger partial charge in [0.1, 0.15) is 5.76 Å². The second-order valence-electron chi connectivity index (χ2n) is 4.78. The van der Waals surface area contributed by atoms with Gasteiger partial charge in [0.2, 0.25) is 0 Å². The van der Waals surface area contributed by atoms with Crippen LogP contribution in [0.25, 0.3) is 0 Å². The van der Waals surface area contributed by atoms with Gasteiger partial charge in [0.05, 0.1) is 12.8 Å². The monoisotopic (exact) mass is 222 g/mol. The van der Waals surface area contributed by atoms with Gasteiger partial charge in [-0.25, -0.2) is 0 Å². The zero-order valence-corrected chi connectivity index (χ0v) is 10.1. The van der Waals surface area contributed by atoms with Crippen LogP contribution in [-0.4, -0.2) is 18.0 Å². The second-order valence-corrected chi connectivity index (χ2v) is 4.78. The van der Waals surface area contributed by atoms with Crippen LogP contribution in [0.1, 0.15) is 43.4 Å². The summed E-state index contributed by atoms with van der Waals surface area (Å²) < 4.78 is 5.35. The Morgan fingerprint density at radius 3 is 2.81 bits per heavy atom. The Balaban J connectivity index is 1.93. The van der Waals surface area contributed by atoms with Crippen LogP contribution in [0.3, 0.4) is 0 Å². The van der Waals surface area contributed by atoms with Gasteiger partial charge in [-0.05, 0) is 26.0 Å². The van der Waals surface area contributed by atoms with E-state index in [4.69, 9.17) is 10.2 Å². The van der Waals surface area contributed by atoms with Crippen molar-refractivity contribution in [2.24, 2.45) is 5.73 Å². The van der Waals surface area contributed by atoms with Gasteiger partial charge in [0, 0.05) is 18.2 Å². The molecule has 1 heterocycles. The van der Waals surface area contributed by atoms with E-state index in [0.717, 1.165) is 18.3 Å². The maximum absolute atomic E-state index is 5.64. The minimum absolute atomic E-state index is 0.501. The Labute approximate surface area is 97.6 Å². The lowest BCUT2D eigenvalue weighted by Gasteiger charge is -2.31. The third kappa shape index (κ3) is 2.66. The summed E-state index contributed by atoms with van der Waals surface area (Å²) in [5, 5.41) is 0. The van der Waals surface area contributed by atoms with Crippen molar-refractivity contribution in [3.05, 3.63) is 23.7 Å². The highest BCUT2D eigenvalue weighted by molar-refractivity contribution is 5.16. The van der Waals surface area contributed by atoms with E-state index >= 15 is 0 Å². The Bertz CT molecular complexity index is 315. The summed E-state index contributed by atoms with van der Waals surface area (Å²) in [5.74, 6) is 0.933. The molecule has 0 unspecified atom stereocenters. The fourth-order valence-electron chi connectivity index (χ4n) is 2.61. The van der Waals surface area contributed by atoms with Crippen molar-refractivity contribution >= 4 is 0 Å². The van der Waals surface area contributed by atoms with Crippen LogP contribution >= 0.6 is 0 Å². The highest BCUT2D eigenvalue weighted by Gasteiger charge is 2.19. The highest BCUT2D eigenvalue weighted by atomic mass is 16.3. The topological polar surface area (TPSA) is 42.4 Å². The molecule has 0 amide bonds. The van der Waals surface area contributed by atoms with Gasteiger partial charge in [0.15, 0.2) is 0 Å². The minimum atomic E-state index is 0.501. The second kappa shape index (κ2) is 5.51. The van der Waals surface area contributed by atoms with Crippen LogP contribution in [0.15, 0.2) is 16.7 Å². The Kier molecular flexibility index (Phi) is 4.02. The average Bonchev–Trinajstić information content (AvgIpc) is 2.77. The quantitative estimate of drug-likeness (QED) is 0.851. The lowest BCUT2D eigenvalue weighted by Crippen LogP contribution is -2.33. The van der Waals surface area contributed by atoms with Crippen LogP contribution in [0.5, 0.6) is 0 Å². The van der Waals surface area contributed by atoms with Gasteiger partial charge >= 0.3 is 0 Å². The van der Waals surface area contributed by atoms with Crippen LogP contribution < -0.4 is 5.73 Å². The molecular weight excluding hydrogens is 200 g/mol. The third-order valence-corrected chi connectivity index (χ3v) is 3.64. The first kappa shape index (κ1) is 11.7. The Morgan fingerprint density at radius 1 is 1.38 bits per heavy atom. The Hall–Kier alpha value is -0.800. The van der Waals surface area contributed by atoms with E-state index in [2.05, 4.69) is 11.9 Å². The van der Waals surface area contributed by atoms with Crippen molar-refractivity contribution in [1.82, 2.24) is 4.90 Å². The first-order chi connectivity index (χ1) is 7.81. The van der Waals surface area contributed by atoms with Crippen LogP contribution in [-0.2, 0) is 13.1 Å². The molecule has 0 saturated heterocycles. The molecule has 0 aliphatic heterocycles. The molecule has 1 saturated carbocycles. The Morgan fingerprint density at radius 2 is 2.12 bits per heavy atom. The average molecular weight is 222 g/mol. The summed E-state index contributed by atoms with van der Waals surface area (Å²) in [6.45, 7) is 1.47. The molecule has 1 aliphatic carbocycles. The predicted octanol–water partition coefficient (Wildman–Crippen LogP) is 2.50. The molecule has 90 valence electrons. The lowest BCUT2D eigenvalue weighted by molar-refractivity contribution is 0.183. The maximum Gasteiger partial charge on any atom is 0.121 e. The molecule has 16 heavy (non-hydrogen) atoms. The molecule has 1 aromatic rings. The van der Waals surface area contributed by atoms with Crippen molar-refractivity contribution in [2.75, 3.05) is 7.05 Å². The summed E-state index contributed by atoms with van der Waals surface area (Å²) in [4.78, 5) is 2.45. The van der Waals surface area contributed by atoms with E-state index in [0.29, 0.717) is 6.54 Å². The molecule has 3 heteroatoms. The van der Waals surface area contributed by atoms with Crippen molar-refractivity contribution < 1.29 is 4.42 Å². The standard InChI is InChI=1S/C13H22N2O/c1-15(12-5-3-2-4-6-12)10-11-7-8-16-13(11)9-14/h7-8,12H,2-6,9-10,14H2,1H3. The molecule has 2 rings (SSSR count). The molecular formula is C13H22N2O. The number of rotatable bonds is 4. The van der Waals surface area contributed by atoms with E-state index in [-0.39, 0.29) is 0 Å². The molecule has 0 bridgehead atoms. The smallest absolute Gasteiger partial charge is 0.121 e. The van der Waals surface area contributed by atoms with Crippen LogP contribution in [0.4, 0.5) is 0 Å². The number of hydrogen-bond acceptors (Lipinski definition) is 3. The van der Waals surface area contributed by atoms with Crippen LogP contribution in [0, 0.1) is 0 Å². The largest absolute Gasteiger partial charge is 0.468 e. The molecule has 2 N–H and O–H groups in total. The van der Waals surface area contributed by atoms with Gasteiger partial charge in [-0.2, -0.15) is 0 Å². The number of nitrogens with zero attached hydrogens (tertiary/aromatic N) is 1. The van der Waals surface area contributed by atoms with Crippen molar-refractivity contribution in [3.63, 3.8) is 0 Å². The number of furan rings is 1. The zero-order valence-electron chi connectivity index (χ0n) is 10.1. The predicted molar refractivity (Wildman–Crippen MR) is 64.9 cm³/mol. The fourth-order valence-corrected chi connectivity index (χ4v) is 2.61. The molecule has 0 atom stereocenters. The SMILES string of the molecule is CN(Cc1ccoc1CN)C1CCCCC1. The van der Waals surface area contributed by atoms with Crippen molar-refractivity contribution in [3.8, 4) is 0 Å². The van der Waals surface area contributed by atoms with Crippen LogP contribution in [0.2, 0.25) is 0 Å². The van der Waals surface area contributed by atoms with E-state index in [1.807, 2.05) is 6.07 Å². The molecule has 0 radical (unpaired) electrons. The third-order valence-electron chi connectivity index (χ3n) is 3.64. The van der Waals surface area contributed by atoms with Crippen molar-refractivity contribution in [1.29, 1.82) is 0 Å². The number of nitrogens with two attached hydrogens (primary N) is 1. The number of hydrogen-bond donors (Lipinski definition) is 1. The molecule has 0 spiro atoms. The van der Waals surface area contributed by atoms with Gasteiger partial charge < -0.3 is 10.2 Å². The molecule has 1 aliphatic rings. The lowest BCUT2D eigenvalue weighted by atomic mass is 9.94. The van der Waals surface area contributed by atoms with E-state index < -0.39 is 0 Å². The molecule has 0 aromatic carbocycles. The summed E-state index contributed by atoms with van der Waals surface area (Å²) in [7, 11) is 2.21. The summed E-state index contributed by atoms with van der Waals surface area (Å²) in [6, 6.07) is 2.79. The van der Waals surface area contributed by atoms with E-state index in [1.54, 1.807) is 6.26 Å². The molecule has 1 fully saturated rings. The van der Waals surface area contributed by atoms with Crippen molar-refractivity contribution in [2.45, 2.75) is 51.2 Å². The highest BCUT2D eigenvalue weighted by Crippen LogP contribution is 2.23. The van der Waals surface area contributed by atoms with Gasteiger partial charge in [-0.1, -0.05) is 19.3 Å². The normalized spacial score (nSPS) is 18.2. The maximum atomic E-state index is 5.64. The van der Waals surface area contributed by atoms with E-state index in [9.17, 15) is 0 Å². The molecule has 1 aromatic heterocycles. The van der Waals surface area contributed by atoms with Gasteiger partial charge in [0.25, 0.3) is 0 Å². The fraction of sp³-hybridized carbons (Fsp3) is 0.692. The van der Waals surface area contributed by atoms with Gasteiger partial charge in [-0.3, -0.25) is 4.90 Å². The summed E-state index contributed by atoms with van der Waals surface area (Å²) >= 11 is 0. The zero-order chi connectivity index (χ0) is 11.4. The first-order valence-corrected chi connectivity index (χ1v) is 6.27. The first-order valence-electron chi connectivity index (χ1n) is 6.27. The molecule has 3 nitrogen and oxygen atoms in total. The summed E-state index contributed by atoms with van der Waals surface area (Å²) in [5.41, 5.74) is 6.88. The van der Waals surface area contributed by atoms with E-state index in [1.165, 1.54) is 37.7 Å².